The van der Waals surface area contributed by atoms with Gasteiger partial charge in [0.15, 0.2) is 11.6 Å². The number of benzene rings is 1. The molecule has 0 aliphatic heterocycles. The topological polar surface area (TPSA) is 66.5 Å². The van der Waals surface area contributed by atoms with E-state index in [9.17, 15) is 4.39 Å². The molecule has 0 spiro atoms. The molecule has 0 fully saturated rings. The maximum atomic E-state index is 12.7. The molecule has 11 heavy (non-hydrogen) atoms. The molecule has 0 atom stereocenters. The molecule has 1 aromatic carbocycles. The fourth-order valence-electron chi connectivity index (χ4n) is 0.622. The molecule has 0 amide bonds. The summed E-state index contributed by atoms with van der Waals surface area (Å²) < 4.78 is 12.5. The molecule has 0 unspecified atom stereocenters. The number of phenols is 2. The molecular weight excluding hydrogens is 217 g/mol. The Morgan fingerprint density at radius 1 is 1.45 bits per heavy atom. The number of hydrogen-bond acceptors (Lipinski definition) is 3. The van der Waals surface area contributed by atoms with Gasteiger partial charge in [-0.05, 0) is 15.9 Å². The van der Waals surface area contributed by atoms with Crippen LogP contribution in [0.4, 0.5) is 10.1 Å². The van der Waals surface area contributed by atoms with Crippen LogP contribution in [0.25, 0.3) is 0 Å². The van der Waals surface area contributed by atoms with Crippen molar-refractivity contribution in [3.63, 3.8) is 0 Å². The van der Waals surface area contributed by atoms with Crippen LogP contribution in [0.15, 0.2) is 10.5 Å². The summed E-state index contributed by atoms with van der Waals surface area (Å²) in [7, 11) is 0. The maximum Gasteiger partial charge on any atom is 0.184 e. The minimum Gasteiger partial charge on any atom is -0.507 e. The normalized spacial score (nSPS) is 10.0. The molecule has 1 aromatic rings. The Labute approximate surface area is 70.4 Å². The van der Waals surface area contributed by atoms with E-state index >= 15 is 0 Å². The van der Waals surface area contributed by atoms with Gasteiger partial charge in [-0.15, -0.1) is 0 Å². The van der Waals surface area contributed by atoms with Gasteiger partial charge in [0, 0.05) is 6.07 Å². The van der Waals surface area contributed by atoms with E-state index in [1.54, 1.807) is 0 Å². The fourth-order valence-corrected chi connectivity index (χ4v) is 0.924. The summed E-state index contributed by atoms with van der Waals surface area (Å²) in [4.78, 5) is 0. The second-order valence-electron chi connectivity index (χ2n) is 1.96. The van der Waals surface area contributed by atoms with E-state index in [2.05, 4.69) is 15.9 Å². The molecule has 60 valence electrons. The quantitative estimate of drug-likeness (QED) is 0.354. The number of rotatable bonds is 0. The van der Waals surface area contributed by atoms with Gasteiger partial charge in [0.25, 0.3) is 0 Å². The first-order valence-corrected chi connectivity index (χ1v) is 3.48. The van der Waals surface area contributed by atoms with Crippen molar-refractivity contribution in [2.75, 3.05) is 5.73 Å². The molecular formula is C6H5BrFNO2. The third-order valence-electron chi connectivity index (χ3n) is 1.19. The highest BCUT2D eigenvalue weighted by molar-refractivity contribution is 9.10. The number of phenolic OH excluding ortho intramolecular Hbond substituents is 2. The Bertz CT molecular complexity index is 277. The largest absolute Gasteiger partial charge is 0.507 e. The van der Waals surface area contributed by atoms with Crippen LogP contribution in [-0.4, -0.2) is 10.2 Å². The Morgan fingerprint density at radius 2 is 2.00 bits per heavy atom. The van der Waals surface area contributed by atoms with E-state index in [1.807, 2.05) is 0 Å². The van der Waals surface area contributed by atoms with Crippen LogP contribution in [0, 0.1) is 5.82 Å². The van der Waals surface area contributed by atoms with Gasteiger partial charge >= 0.3 is 0 Å². The van der Waals surface area contributed by atoms with Crippen molar-refractivity contribution in [2.24, 2.45) is 0 Å². The molecule has 1 rings (SSSR count). The number of nitrogens with two attached hydrogens (primary N) is 1. The summed E-state index contributed by atoms with van der Waals surface area (Å²) in [6, 6.07) is 1.06. The monoisotopic (exact) mass is 221 g/mol. The summed E-state index contributed by atoms with van der Waals surface area (Å²) >= 11 is 2.72. The van der Waals surface area contributed by atoms with Gasteiger partial charge in [-0.3, -0.25) is 0 Å². The lowest BCUT2D eigenvalue weighted by molar-refractivity contribution is 0.420. The van der Waals surface area contributed by atoms with E-state index in [0.29, 0.717) is 0 Å². The first-order chi connectivity index (χ1) is 5.04. The lowest BCUT2D eigenvalue weighted by atomic mass is 10.2. The summed E-state index contributed by atoms with van der Waals surface area (Å²) in [5.41, 5.74) is 4.93. The van der Waals surface area contributed by atoms with Gasteiger partial charge in [0.2, 0.25) is 0 Å². The molecule has 0 aliphatic carbocycles. The number of halogens is 2. The zero-order valence-electron chi connectivity index (χ0n) is 5.31. The van der Waals surface area contributed by atoms with Gasteiger partial charge in [0.1, 0.15) is 5.75 Å². The van der Waals surface area contributed by atoms with Crippen molar-refractivity contribution < 1.29 is 14.6 Å². The molecule has 3 nitrogen and oxygen atoms in total. The number of anilines is 1. The van der Waals surface area contributed by atoms with Crippen molar-refractivity contribution in [1.82, 2.24) is 0 Å². The smallest absolute Gasteiger partial charge is 0.184 e. The highest BCUT2D eigenvalue weighted by atomic mass is 79.9. The third-order valence-corrected chi connectivity index (χ3v) is 1.95. The average molecular weight is 222 g/mol. The van der Waals surface area contributed by atoms with Crippen molar-refractivity contribution in [3.05, 3.63) is 16.4 Å². The molecule has 0 bridgehead atoms. The van der Waals surface area contributed by atoms with Crippen LogP contribution in [0.3, 0.4) is 0 Å². The average Bonchev–Trinajstić information content (AvgIpc) is 1.97. The molecule has 0 saturated carbocycles. The van der Waals surface area contributed by atoms with Crippen molar-refractivity contribution >= 4 is 21.6 Å². The van der Waals surface area contributed by atoms with E-state index < -0.39 is 11.6 Å². The molecule has 5 heteroatoms. The molecule has 0 saturated heterocycles. The van der Waals surface area contributed by atoms with Crippen molar-refractivity contribution in [3.8, 4) is 11.5 Å². The SMILES string of the molecule is Nc1cc(O)c(Br)c(F)c1O. The molecule has 0 aromatic heterocycles. The van der Waals surface area contributed by atoms with Crippen molar-refractivity contribution in [1.29, 1.82) is 0 Å². The van der Waals surface area contributed by atoms with Gasteiger partial charge in [-0.1, -0.05) is 0 Å². The van der Waals surface area contributed by atoms with E-state index in [-0.39, 0.29) is 15.9 Å². The van der Waals surface area contributed by atoms with E-state index in [0.717, 1.165) is 6.07 Å². The lowest BCUT2D eigenvalue weighted by Gasteiger charge is -2.03. The Balaban J connectivity index is 3.46. The van der Waals surface area contributed by atoms with Crippen LogP contribution in [0.2, 0.25) is 0 Å². The lowest BCUT2D eigenvalue weighted by Crippen LogP contribution is -1.89. The summed E-state index contributed by atoms with van der Waals surface area (Å²) in [5, 5.41) is 17.8. The van der Waals surface area contributed by atoms with Gasteiger partial charge in [-0.2, -0.15) is 0 Å². The highest BCUT2D eigenvalue weighted by Crippen LogP contribution is 2.36. The van der Waals surface area contributed by atoms with Crippen LogP contribution in [0.1, 0.15) is 0 Å². The minimum absolute atomic E-state index is 0.191. The summed E-state index contributed by atoms with van der Waals surface area (Å²) in [6.07, 6.45) is 0. The highest BCUT2D eigenvalue weighted by Gasteiger charge is 2.13. The molecule has 0 heterocycles. The van der Waals surface area contributed by atoms with Gasteiger partial charge < -0.3 is 15.9 Å². The Hall–Kier alpha value is -0.970. The summed E-state index contributed by atoms with van der Waals surface area (Å²) in [6.45, 7) is 0. The first kappa shape index (κ1) is 8.13. The fraction of sp³-hybridized carbons (Fsp3) is 0. The zero-order chi connectivity index (χ0) is 8.59. The number of hydrogen-bond donors (Lipinski definition) is 3. The predicted molar refractivity (Wildman–Crippen MR) is 41.8 cm³/mol. The molecule has 0 aliphatic rings. The maximum absolute atomic E-state index is 12.7. The van der Waals surface area contributed by atoms with Gasteiger partial charge in [0.05, 0.1) is 10.2 Å². The second kappa shape index (κ2) is 2.58. The Morgan fingerprint density at radius 3 is 2.55 bits per heavy atom. The van der Waals surface area contributed by atoms with Gasteiger partial charge in [-0.25, -0.2) is 4.39 Å². The molecule has 4 N–H and O–H groups in total. The Kier molecular flexibility index (Phi) is 1.90. The standard InChI is InChI=1S/C6H5BrFNO2/c7-4-3(10)1-2(9)6(11)5(4)8/h1,10-11H,9H2. The second-order valence-corrected chi connectivity index (χ2v) is 2.75. The first-order valence-electron chi connectivity index (χ1n) is 2.69. The predicted octanol–water partition coefficient (Wildman–Crippen LogP) is 1.58. The summed E-state index contributed by atoms with van der Waals surface area (Å²) in [5.74, 6) is -1.95. The van der Waals surface area contributed by atoms with Crippen molar-refractivity contribution in [2.45, 2.75) is 0 Å². The zero-order valence-corrected chi connectivity index (χ0v) is 6.89. The van der Waals surface area contributed by atoms with E-state index in [1.165, 1.54) is 0 Å². The van der Waals surface area contributed by atoms with Crippen LogP contribution in [-0.2, 0) is 0 Å². The van der Waals surface area contributed by atoms with Crippen LogP contribution >= 0.6 is 15.9 Å². The van der Waals surface area contributed by atoms with Crippen LogP contribution < -0.4 is 5.73 Å². The third kappa shape index (κ3) is 1.23. The van der Waals surface area contributed by atoms with Crippen LogP contribution in [0.5, 0.6) is 11.5 Å². The van der Waals surface area contributed by atoms with E-state index in [4.69, 9.17) is 15.9 Å². The molecule has 0 radical (unpaired) electrons. The minimum atomic E-state index is -0.956. The number of nitrogen functional groups attached to an aromatic ring is 1. The number of aromatic hydroxyl groups is 2.